The van der Waals surface area contributed by atoms with Crippen LogP contribution in [0, 0.1) is 17.8 Å². The minimum absolute atomic E-state index is 0.253. The zero-order valence-electron chi connectivity index (χ0n) is 10.4. The molecule has 1 aromatic rings. The molecule has 0 bridgehead atoms. The molecule has 0 atom stereocenters. The zero-order valence-corrected chi connectivity index (χ0v) is 10.4. The monoisotopic (exact) mass is 221 g/mol. The van der Waals surface area contributed by atoms with Gasteiger partial charge >= 0.3 is 0 Å². The predicted octanol–water partition coefficient (Wildman–Crippen LogP) is 1.71. The lowest BCUT2D eigenvalue weighted by atomic mass is 10.2. The number of hydrogen-bond donors (Lipinski definition) is 0. The van der Waals surface area contributed by atoms with Crippen LogP contribution in [0.4, 0.5) is 0 Å². The van der Waals surface area contributed by atoms with Gasteiger partial charge in [0.25, 0.3) is 0 Å². The molecule has 0 amide bonds. The van der Waals surface area contributed by atoms with Gasteiger partial charge in [0.15, 0.2) is 5.69 Å². The number of ether oxygens (including phenoxy) is 1. The molecule has 0 fully saturated rings. The van der Waals surface area contributed by atoms with Crippen molar-refractivity contribution in [2.45, 2.75) is 40.3 Å². The minimum Gasteiger partial charge on any atom is -0.377 e. The molecule has 1 heterocycles. The smallest absolute Gasteiger partial charge is 0.155 e. The van der Waals surface area contributed by atoms with Crippen LogP contribution in [0.3, 0.4) is 0 Å². The second kappa shape index (κ2) is 6.29. The van der Waals surface area contributed by atoms with Crippen LogP contribution < -0.4 is 0 Å². The van der Waals surface area contributed by atoms with Gasteiger partial charge in [0, 0.05) is 5.92 Å². The van der Waals surface area contributed by atoms with Crippen LogP contribution in [0.5, 0.6) is 0 Å². The van der Waals surface area contributed by atoms with Crippen molar-refractivity contribution < 1.29 is 4.74 Å². The summed E-state index contributed by atoms with van der Waals surface area (Å²) in [6, 6.07) is 0. The number of rotatable bonds is 4. The lowest BCUT2D eigenvalue weighted by Crippen LogP contribution is -2.10. The topological polar surface area (TPSA) is 39.9 Å². The summed E-state index contributed by atoms with van der Waals surface area (Å²) in [7, 11) is 0. The van der Waals surface area contributed by atoms with Crippen molar-refractivity contribution in [2.75, 3.05) is 6.61 Å². The average molecular weight is 221 g/mol. The molecule has 88 valence electrons. The van der Waals surface area contributed by atoms with Gasteiger partial charge in [-0.25, -0.2) is 4.68 Å². The van der Waals surface area contributed by atoms with Crippen molar-refractivity contribution in [1.29, 1.82) is 0 Å². The van der Waals surface area contributed by atoms with Crippen LogP contribution in [-0.2, 0) is 11.3 Å². The van der Waals surface area contributed by atoms with Gasteiger partial charge in [0.2, 0.25) is 0 Å². The second-order valence-corrected chi connectivity index (χ2v) is 4.21. The Labute approximate surface area is 97.0 Å². The van der Waals surface area contributed by atoms with Crippen molar-refractivity contribution in [1.82, 2.24) is 15.0 Å². The van der Waals surface area contributed by atoms with E-state index in [4.69, 9.17) is 4.74 Å². The van der Waals surface area contributed by atoms with E-state index in [2.05, 4.69) is 22.2 Å². The standard InChI is InChI=1S/C12H19N3O/c1-10(2)5-6-12-9-15(14-13-12)7-8-16-11(3)4/h9-11H,7-8H2,1-4H3. The summed E-state index contributed by atoms with van der Waals surface area (Å²) < 4.78 is 7.19. The number of aromatic nitrogens is 3. The molecular formula is C12H19N3O. The molecule has 0 spiro atoms. The fraction of sp³-hybridized carbons (Fsp3) is 0.667. The highest BCUT2D eigenvalue weighted by atomic mass is 16.5. The highest BCUT2D eigenvalue weighted by molar-refractivity contribution is 5.24. The molecule has 0 saturated carbocycles. The third-order valence-electron chi connectivity index (χ3n) is 1.80. The molecule has 1 aromatic heterocycles. The normalized spacial score (nSPS) is 10.6. The van der Waals surface area contributed by atoms with E-state index in [1.165, 1.54) is 0 Å². The lowest BCUT2D eigenvalue weighted by Gasteiger charge is -2.05. The van der Waals surface area contributed by atoms with Gasteiger partial charge in [-0.1, -0.05) is 25.0 Å². The van der Waals surface area contributed by atoms with Gasteiger partial charge in [-0.3, -0.25) is 0 Å². The van der Waals surface area contributed by atoms with Crippen LogP contribution in [0.1, 0.15) is 33.4 Å². The van der Waals surface area contributed by atoms with Gasteiger partial charge < -0.3 is 4.74 Å². The van der Waals surface area contributed by atoms with Crippen LogP contribution >= 0.6 is 0 Å². The molecular weight excluding hydrogens is 202 g/mol. The predicted molar refractivity (Wildman–Crippen MR) is 62.8 cm³/mol. The second-order valence-electron chi connectivity index (χ2n) is 4.21. The Balaban J connectivity index is 2.43. The molecule has 4 nitrogen and oxygen atoms in total. The number of nitrogens with zero attached hydrogens (tertiary/aromatic N) is 3. The van der Waals surface area contributed by atoms with Crippen molar-refractivity contribution in [3.63, 3.8) is 0 Å². The minimum atomic E-state index is 0.253. The van der Waals surface area contributed by atoms with E-state index in [9.17, 15) is 0 Å². The van der Waals surface area contributed by atoms with Crippen molar-refractivity contribution in [3.05, 3.63) is 11.9 Å². The maximum atomic E-state index is 5.43. The quantitative estimate of drug-likeness (QED) is 0.727. The van der Waals surface area contributed by atoms with Crippen LogP contribution in [0.15, 0.2) is 6.20 Å². The Morgan fingerprint density at radius 1 is 1.38 bits per heavy atom. The Hall–Kier alpha value is -1.34. The van der Waals surface area contributed by atoms with Crippen LogP contribution in [0.25, 0.3) is 0 Å². The average Bonchev–Trinajstić information content (AvgIpc) is 2.62. The van der Waals surface area contributed by atoms with Crippen LogP contribution in [0.2, 0.25) is 0 Å². The molecule has 0 unspecified atom stereocenters. The summed E-state index contributed by atoms with van der Waals surface area (Å²) in [6.45, 7) is 9.50. The summed E-state index contributed by atoms with van der Waals surface area (Å²) in [6.07, 6.45) is 2.10. The molecule has 16 heavy (non-hydrogen) atoms. The molecule has 0 N–H and O–H groups in total. The van der Waals surface area contributed by atoms with Crippen molar-refractivity contribution in [3.8, 4) is 11.8 Å². The molecule has 0 aliphatic heterocycles. The maximum absolute atomic E-state index is 5.43. The first-order chi connectivity index (χ1) is 7.58. The van der Waals surface area contributed by atoms with E-state index in [0.717, 1.165) is 5.69 Å². The fourth-order valence-electron chi connectivity index (χ4n) is 1.07. The van der Waals surface area contributed by atoms with Crippen LogP contribution in [-0.4, -0.2) is 27.7 Å². The van der Waals surface area contributed by atoms with E-state index < -0.39 is 0 Å². The molecule has 0 radical (unpaired) electrons. The van der Waals surface area contributed by atoms with E-state index in [1.807, 2.05) is 33.9 Å². The third-order valence-corrected chi connectivity index (χ3v) is 1.80. The van der Waals surface area contributed by atoms with Gasteiger partial charge in [-0.05, 0) is 19.8 Å². The lowest BCUT2D eigenvalue weighted by molar-refractivity contribution is 0.0707. The first-order valence-electron chi connectivity index (χ1n) is 5.61. The summed E-state index contributed by atoms with van der Waals surface area (Å²) in [5.41, 5.74) is 0.721. The van der Waals surface area contributed by atoms with Gasteiger partial charge in [0.05, 0.1) is 25.5 Å². The summed E-state index contributed by atoms with van der Waals surface area (Å²) >= 11 is 0. The highest BCUT2D eigenvalue weighted by Gasteiger charge is 1.98. The molecule has 0 saturated heterocycles. The third kappa shape index (κ3) is 4.94. The van der Waals surface area contributed by atoms with E-state index in [-0.39, 0.29) is 6.10 Å². The van der Waals surface area contributed by atoms with Gasteiger partial charge in [-0.2, -0.15) is 0 Å². The SMILES string of the molecule is CC(C)C#Cc1cn(CCOC(C)C)nn1. The summed E-state index contributed by atoms with van der Waals surface area (Å²) in [5, 5.41) is 7.94. The van der Waals surface area contributed by atoms with Gasteiger partial charge in [0.1, 0.15) is 0 Å². The number of hydrogen-bond acceptors (Lipinski definition) is 3. The Bertz CT molecular complexity index is 371. The van der Waals surface area contributed by atoms with Gasteiger partial charge in [-0.15, -0.1) is 5.10 Å². The molecule has 0 aromatic carbocycles. The summed E-state index contributed by atoms with van der Waals surface area (Å²) in [5.74, 6) is 6.39. The maximum Gasteiger partial charge on any atom is 0.155 e. The highest BCUT2D eigenvalue weighted by Crippen LogP contribution is 1.94. The summed E-state index contributed by atoms with van der Waals surface area (Å²) in [4.78, 5) is 0. The van der Waals surface area contributed by atoms with Crippen molar-refractivity contribution >= 4 is 0 Å². The molecule has 0 aliphatic carbocycles. The zero-order chi connectivity index (χ0) is 12.0. The molecule has 1 rings (SSSR count). The Morgan fingerprint density at radius 2 is 2.12 bits per heavy atom. The molecule has 0 aliphatic rings. The van der Waals surface area contributed by atoms with E-state index in [1.54, 1.807) is 4.68 Å². The first-order valence-corrected chi connectivity index (χ1v) is 5.61. The Morgan fingerprint density at radius 3 is 2.75 bits per heavy atom. The largest absolute Gasteiger partial charge is 0.377 e. The fourth-order valence-corrected chi connectivity index (χ4v) is 1.07. The Kier molecular flexibility index (Phi) is 5.00. The molecule has 4 heteroatoms. The van der Waals surface area contributed by atoms with E-state index in [0.29, 0.717) is 19.1 Å². The first kappa shape index (κ1) is 12.7. The van der Waals surface area contributed by atoms with E-state index >= 15 is 0 Å². The van der Waals surface area contributed by atoms with Crippen molar-refractivity contribution in [2.24, 2.45) is 5.92 Å².